The van der Waals surface area contributed by atoms with E-state index in [2.05, 4.69) is 16.8 Å². The van der Waals surface area contributed by atoms with Crippen LogP contribution in [0.3, 0.4) is 0 Å². The van der Waals surface area contributed by atoms with Gasteiger partial charge in [-0.15, -0.1) is 0 Å². The molecule has 0 bridgehead atoms. The van der Waals surface area contributed by atoms with Crippen molar-refractivity contribution in [2.45, 2.75) is 26.3 Å². The molecule has 2 amide bonds. The van der Waals surface area contributed by atoms with Crippen LogP contribution in [0, 0.1) is 11.8 Å². The SMILES string of the molecule is CC(C)N(CC(N)=O)C(=O)c1cncc(C#CCCO)c1. The van der Waals surface area contributed by atoms with E-state index in [4.69, 9.17) is 10.8 Å². The van der Waals surface area contributed by atoms with Crippen molar-refractivity contribution in [2.75, 3.05) is 13.2 Å². The monoisotopic (exact) mass is 289 g/mol. The number of amides is 2. The van der Waals surface area contributed by atoms with E-state index >= 15 is 0 Å². The molecule has 6 heteroatoms. The minimum Gasteiger partial charge on any atom is -0.395 e. The molecule has 0 spiro atoms. The van der Waals surface area contributed by atoms with Crippen LogP contribution in [-0.4, -0.2) is 46.0 Å². The predicted octanol–water partition coefficient (Wildman–Crippen LogP) is 0.151. The Kier molecular flexibility index (Phi) is 6.37. The van der Waals surface area contributed by atoms with Crippen molar-refractivity contribution in [3.05, 3.63) is 29.6 Å². The number of aliphatic hydroxyl groups is 1. The van der Waals surface area contributed by atoms with Gasteiger partial charge >= 0.3 is 0 Å². The van der Waals surface area contributed by atoms with Crippen molar-refractivity contribution < 1.29 is 14.7 Å². The second kappa shape index (κ2) is 8.02. The molecule has 0 aliphatic carbocycles. The first-order valence-electron chi connectivity index (χ1n) is 6.59. The van der Waals surface area contributed by atoms with Crippen molar-refractivity contribution in [3.8, 4) is 11.8 Å². The van der Waals surface area contributed by atoms with E-state index in [-0.39, 0.29) is 25.1 Å². The van der Waals surface area contributed by atoms with Crippen molar-refractivity contribution in [1.82, 2.24) is 9.88 Å². The Bertz CT molecular complexity index is 573. The predicted molar refractivity (Wildman–Crippen MR) is 78.2 cm³/mol. The molecule has 1 rings (SSSR count). The Hall–Kier alpha value is -2.39. The normalized spacial score (nSPS) is 9.90. The third-order valence-electron chi connectivity index (χ3n) is 2.67. The van der Waals surface area contributed by atoms with Gasteiger partial charge in [-0.05, 0) is 19.9 Å². The smallest absolute Gasteiger partial charge is 0.256 e. The van der Waals surface area contributed by atoms with Gasteiger partial charge in [-0.2, -0.15) is 0 Å². The van der Waals surface area contributed by atoms with Crippen LogP contribution in [0.25, 0.3) is 0 Å². The third-order valence-corrected chi connectivity index (χ3v) is 2.67. The van der Waals surface area contributed by atoms with Crippen molar-refractivity contribution in [3.63, 3.8) is 0 Å². The number of nitrogens with two attached hydrogens (primary N) is 1. The zero-order valence-corrected chi connectivity index (χ0v) is 12.2. The van der Waals surface area contributed by atoms with E-state index in [0.29, 0.717) is 17.5 Å². The van der Waals surface area contributed by atoms with Gasteiger partial charge in [-0.3, -0.25) is 14.6 Å². The molecular formula is C15H19N3O3. The van der Waals surface area contributed by atoms with Gasteiger partial charge in [0.1, 0.15) is 0 Å². The van der Waals surface area contributed by atoms with Crippen molar-refractivity contribution >= 4 is 11.8 Å². The van der Waals surface area contributed by atoms with Gasteiger partial charge in [0, 0.05) is 30.4 Å². The second-order valence-electron chi connectivity index (χ2n) is 4.73. The first kappa shape index (κ1) is 16.7. The first-order chi connectivity index (χ1) is 9.95. The number of pyridine rings is 1. The van der Waals surface area contributed by atoms with E-state index < -0.39 is 5.91 Å². The molecule has 0 saturated carbocycles. The van der Waals surface area contributed by atoms with Gasteiger partial charge in [-0.25, -0.2) is 0 Å². The molecule has 0 fully saturated rings. The van der Waals surface area contributed by atoms with E-state index in [0.717, 1.165) is 0 Å². The van der Waals surface area contributed by atoms with E-state index in [1.54, 1.807) is 19.9 Å². The van der Waals surface area contributed by atoms with E-state index in [1.165, 1.54) is 17.3 Å². The topological polar surface area (TPSA) is 96.5 Å². The summed E-state index contributed by atoms with van der Waals surface area (Å²) in [4.78, 5) is 28.8. The molecule has 0 atom stereocenters. The number of aromatic nitrogens is 1. The van der Waals surface area contributed by atoms with Gasteiger partial charge in [0.2, 0.25) is 5.91 Å². The summed E-state index contributed by atoms with van der Waals surface area (Å²) in [5.41, 5.74) is 6.09. The molecule has 1 heterocycles. The molecule has 1 aromatic rings. The number of carbonyl (C=O) groups excluding carboxylic acids is 2. The summed E-state index contributed by atoms with van der Waals surface area (Å²) in [6, 6.07) is 1.45. The average molecular weight is 289 g/mol. The molecule has 6 nitrogen and oxygen atoms in total. The molecule has 21 heavy (non-hydrogen) atoms. The molecule has 0 radical (unpaired) electrons. The average Bonchev–Trinajstić information content (AvgIpc) is 2.44. The van der Waals surface area contributed by atoms with Gasteiger partial charge in [0.15, 0.2) is 0 Å². The summed E-state index contributed by atoms with van der Waals surface area (Å²) in [6.45, 7) is 3.45. The highest BCUT2D eigenvalue weighted by Crippen LogP contribution is 2.09. The van der Waals surface area contributed by atoms with E-state index in [1.807, 2.05) is 0 Å². The highest BCUT2D eigenvalue weighted by molar-refractivity contribution is 5.96. The largest absolute Gasteiger partial charge is 0.395 e. The molecule has 0 saturated heterocycles. The summed E-state index contributed by atoms with van der Waals surface area (Å²) in [5.74, 6) is 4.69. The fraction of sp³-hybridized carbons (Fsp3) is 0.400. The number of nitrogens with zero attached hydrogens (tertiary/aromatic N) is 2. The number of aliphatic hydroxyl groups excluding tert-OH is 1. The lowest BCUT2D eigenvalue weighted by atomic mass is 10.1. The quantitative estimate of drug-likeness (QED) is 0.754. The molecule has 3 N–H and O–H groups in total. The zero-order chi connectivity index (χ0) is 15.8. The van der Waals surface area contributed by atoms with E-state index in [9.17, 15) is 9.59 Å². The number of carbonyl (C=O) groups is 2. The Labute approximate surface area is 124 Å². The third kappa shape index (κ3) is 5.24. The molecule has 0 aromatic carbocycles. The Morgan fingerprint density at radius 3 is 2.71 bits per heavy atom. The van der Waals surface area contributed by atoms with Gasteiger partial charge in [0.05, 0.1) is 18.7 Å². The second-order valence-corrected chi connectivity index (χ2v) is 4.73. The zero-order valence-electron chi connectivity index (χ0n) is 12.2. The highest BCUT2D eigenvalue weighted by Gasteiger charge is 2.20. The summed E-state index contributed by atoms with van der Waals surface area (Å²) in [5, 5.41) is 8.68. The molecule has 0 unspecified atom stereocenters. The van der Waals surface area contributed by atoms with Gasteiger partial charge in [0.25, 0.3) is 5.91 Å². The lowest BCUT2D eigenvalue weighted by molar-refractivity contribution is -0.119. The maximum Gasteiger partial charge on any atom is 0.256 e. The molecular weight excluding hydrogens is 270 g/mol. The molecule has 112 valence electrons. The Morgan fingerprint density at radius 1 is 1.43 bits per heavy atom. The number of rotatable bonds is 5. The maximum absolute atomic E-state index is 12.4. The van der Waals surface area contributed by atoms with Crippen molar-refractivity contribution in [2.24, 2.45) is 5.73 Å². The summed E-state index contributed by atoms with van der Waals surface area (Å²) < 4.78 is 0. The summed E-state index contributed by atoms with van der Waals surface area (Å²) in [7, 11) is 0. The van der Waals surface area contributed by atoms with Crippen LogP contribution in [-0.2, 0) is 4.79 Å². The van der Waals surface area contributed by atoms with Crippen LogP contribution in [0.4, 0.5) is 0 Å². The number of hydrogen-bond acceptors (Lipinski definition) is 4. The summed E-state index contributed by atoms with van der Waals surface area (Å²) in [6.07, 6.45) is 3.32. The van der Waals surface area contributed by atoms with Crippen LogP contribution in [0.15, 0.2) is 18.5 Å². The number of primary amides is 1. The van der Waals surface area contributed by atoms with Crippen LogP contribution in [0.1, 0.15) is 36.2 Å². The minimum absolute atomic E-state index is 0.0151. The molecule has 0 aliphatic rings. The van der Waals surface area contributed by atoms with Crippen LogP contribution >= 0.6 is 0 Å². The Morgan fingerprint density at radius 2 is 2.14 bits per heavy atom. The van der Waals surface area contributed by atoms with Crippen LogP contribution < -0.4 is 5.73 Å². The van der Waals surface area contributed by atoms with Crippen LogP contribution in [0.2, 0.25) is 0 Å². The standard InChI is InChI=1S/C15H19N3O3/c1-11(2)18(10-14(16)20)15(21)13-7-12(8-17-9-13)5-3-4-6-19/h7-9,11,19H,4,6,10H2,1-2H3,(H2,16,20). The first-order valence-corrected chi connectivity index (χ1v) is 6.59. The van der Waals surface area contributed by atoms with Gasteiger partial charge < -0.3 is 15.7 Å². The van der Waals surface area contributed by atoms with Gasteiger partial charge in [-0.1, -0.05) is 11.8 Å². The highest BCUT2D eigenvalue weighted by atomic mass is 16.2. The van der Waals surface area contributed by atoms with Crippen LogP contribution in [0.5, 0.6) is 0 Å². The minimum atomic E-state index is -0.566. The fourth-order valence-corrected chi connectivity index (χ4v) is 1.67. The molecule has 1 aromatic heterocycles. The lowest BCUT2D eigenvalue weighted by Crippen LogP contribution is -2.42. The molecule has 0 aliphatic heterocycles. The maximum atomic E-state index is 12.4. The lowest BCUT2D eigenvalue weighted by Gasteiger charge is -2.25. The van der Waals surface area contributed by atoms with Crippen molar-refractivity contribution in [1.29, 1.82) is 0 Å². The fourth-order valence-electron chi connectivity index (χ4n) is 1.67. The summed E-state index contributed by atoms with van der Waals surface area (Å²) >= 11 is 0. The number of hydrogen-bond donors (Lipinski definition) is 2. The Balaban J connectivity index is 2.98.